The van der Waals surface area contributed by atoms with Crippen molar-refractivity contribution in [3.8, 4) is 0 Å². The normalized spacial score (nSPS) is 10.7. The fourth-order valence-electron chi connectivity index (χ4n) is 0.600. The summed E-state index contributed by atoms with van der Waals surface area (Å²) in [5.74, 6) is 0.211. The van der Waals surface area contributed by atoms with E-state index in [1.54, 1.807) is 0 Å². The van der Waals surface area contributed by atoms with Gasteiger partial charge in [-0.2, -0.15) is 15.0 Å². The van der Waals surface area contributed by atoms with Gasteiger partial charge in [-0.25, -0.2) is 4.39 Å². The minimum absolute atomic E-state index is 0.00766. The molecule has 7 heteroatoms. The lowest BCUT2D eigenvalue weighted by Gasteiger charge is -2.00. The van der Waals surface area contributed by atoms with Crippen LogP contribution in [0.1, 0.15) is 0 Å². The van der Waals surface area contributed by atoms with Crippen molar-refractivity contribution in [2.75, 3.05) is 11.9 Å². The van der Waals surface area contributed by atoms with Crippen LogP contribution in [0.25, 0.3) is 0 Å². The summed E-state index contributed by atoms with van der Waals surface area (Å²) in [6.45, 7) is 0.257. The molecule has 70 valence electrons. The first-order chi connectivity index (χ1) is 6.22. The highest BCUT2D eigenvalue weighted by Crippen LogP contribution is 2.08. The number of hydrogen-bond donors (Lipinski definition) is 1. The molecule has 0 atom stereocenters. The molecule has 1 heterocycles. The highest BCUT2D eigenvalue weighted by Gasteiger charge is 2.00. The second-order valence-corrected chi connectivity index (χ2v) is 2.62. The Morgan fingerprint density at radius 3 is 2.38 bits per heavy atom. The SMILES string of the molecule is FC=CCNc1nc(Cl)nc(Cl)n1. The van der Waals surface area contributed by atoms with Crippen molar-refractivity contribution >= 4 is 29.2 Å². The molecule has 0 fully saturated rings. The summed E-state index contributed by atoms with van der Waals surface area (Å²) in [7, 11) is 0. The molecule has 0 aliphatic heterocycles. The lowest BCUT2D eigenvalue weighted by molar-refractivity contribution is 0.718. The summed E-state index contributed by atoms with van der Waals surface area (Å²) in [5, 5.41) is 2.65. The number of rotatable bonds is 3. The molecule has 0 amide bonds. The topological polar surface area (TPSA) is 50.7 Å². The average molecular weight is 223 g/mol. The highest BCUT2D eigenvalue weighted by molar-refractivity contribution is 6.31. The minimum Gasteiger partial charge on any atom is -0.350 e. The second-order valence-electron chi connectivity index (χ2n) is 1.94. The van der Waals surface area contributed by atoms with Crippen molar-refractivity contribution in [1.29, 1.82) is 0 Å². The van der Waals surface area contributed by atoms with Crippen LogP contribution >= 0.6 is 23.2 Å². The molecule has 1 N–H and O–H groups in total. The largest absolute Gasteiger partial charge is 0.350 e. The number of halogens is 3. The van der Waals surface area contributed by atoms with E-state index in [1.807, 2.05) is 0 Å². The quantitative estimate of drug-likeness (QED) is 0.852. The van der Waals surface area contributed by atoms with E-state index in [4.69, 9.17) is 23.2 Å². The van der Waals surface area contributed by atoms with E-state index in [1.165, 1.54) is 6.08 Å². The van der Waals surface area contributed by atoms with Gasteiger partial charge in [0.2, 0.25) is 16.5 Å². The summed E-state index contributed by atoms with van der Waals surface area (Å²) >= 11 is 11.0. The Morgan fingerprint density at radius 2 is 1.85 bits per heavy atom. The highest BCUT2D eigenvalue weighted by atomic mass is 35.5. The maximum absolute atomic E-state index is 11.5. The first-order valence-electron chi connectivity index (χ1n) is 3.28. The Bertz CT molecular complexity index is 297. The number of nitrogens with zero attached hydrogens (tertiary/aromatic N) is 3. The van der Waals surface area contributed by atoms with Gasteiger partial charge in [0.15, 0.2) is 0 Å². The van der Waals surface area contributed by atoms with Gasteiger partial charge in [-0.1, -0.05) is 0 Å². The van der Waals surface area contributed by atoms with E-state index in [-0.39, 0.29) is 23.1 Å². The summed E-state index contributed by atoms with van der Waals surface area (Å²) in [6, 6.07) is 0. The molecule has 0 saturated carbocycles. The summed E-state index contributed by atoms with van der Waals surface area (Å²) in [4.78, 5) is 10.9. The zero-order valence-corrected chi connectivity index (χ0v) is 7.85. The molecule has 0 unspecified atom stereocenters. The van der Waals surface area contributed by atoms with E-state index in [0.717, 1.165) is 0 Å². The zero-order valence-electron chi connectivity index (χ0n) is 6.34. The fraction of sp³-hybridized carbons (Fsp3) is 0.167. The van der Waals surface area contributed by atoms with Crippen LogP contribution in [0, 0.1) is 0 Å². The number of anilines is 1. The average Bonchev–Trinajstić information content (AvgIpc) is 2.03. The van der Waals surface area contributed by atoms with Crippen molar-refractivity contribution in [2.45, 2.75) is 0 Å². The second kappa shape index (κ2) is 4.94. The van der Waals surface area contributed by atoms with E-state index >= 15 is 0 Å². The van der Waals surface area contributed by atoms with Gasteiger partial charge in [-0.3, -0.25) is 0 Å². The van der Waals surface area contributed by atoms with E-state index < -0.39 is 0 Å². The fourth-order valence-corrected chi connectivity index (χ4v) is 0.963. The summed E-state index contributed by atoms with van der Waals surface area (Å²) < 4.78 is 11.5. The first kappa shape index (κ1) is 10.1. The third-order valence-corrected chi connectivity index (χ3v) is 1.39. The Kier molecular flexibility index (Phi) is 3.85. The van der Waals surface area contributed by atoms with E-state index in [2.05, 4.69) is 20.3 Å². The van der Waals surface area contributed by atoms with Crippen LogP contribution in [-0.2, 0) is 0 Å². The number of nitrogens with one attached hydrogen (secondary N) is 1. The molecule has 0 aromatic carbocycles. The van der Waals surface area contributed by atoms with E-state index in [9.17, 15) is 4.39 Å². The van der Waals surface area contributed by atoms with Crippen LogP contribution in [0.2, 0.25) is 10.6 Å². The molecule has 0 bridgehead atoms. The van der Waals surface area contributed by atoms with Gasteiger partial charge in [0, 0.05) is 6.54 Å². The molecular weight excluding hydrogens is 218 g/mol. The lowest BCUT2D eigenvalue weighted by Crippen LogP contribution is -2.04. The van der Waals surface area contributed by atoms with Gasteiger partial charge in [-0.05, 0) is 29.3 Å². The smallest absolute Gasteiger partial charge is 0.228 e. The first-order valence-corrected chi connectivity index (χ1v) is 4.04. The molecule has 1 aromatic rings. The molecular formula is C6H5Cl2FN4. The molecule has 0 saturated heterocycles. The molecule has 0 aliphatic rings. The molecule has 1 rings (SSSR count). The molecule has 0 radical (unpaired) electrons. The van der Waals surface area contributed by atoms with Crippen molar-refractivity contribution in [3.63, 3.8) is 0 Å². The van der Waals surface area contributed by atoms with Crippen molar-refractivity contribution < 1.29 is 4.39 Å². The summed E-state index contributed by atoms with van der Waals surface area (Å²) in [6.07, 6.45) is 1.67. The molecule has 1 aromatic heterocycles. The molecule has 0 spiro atoms. The van der Waals surface area contributed by atoms with Crippen LogP contribution in [-0.4, -0.2) is 21.5 Å². The predicted molar refractivity (Wildman–Crippen MR) is 48.6 cm³/mol. The van der Waals surface area contributed by atoms with Gasteiger partial charge < -0.3 is 5.32 Å². The number of aromatic nitrogens is 3. The molecule has 13 heavy (non-hydrogen) atoms. The van der Waals surface area contributed by atoms with Crippen LogP contribution < -0.4 is 5.32 Å². The van der Waals surface area contributed by atoms with Crippen molar-refractivity contribution in [1.82, 2.24) is 15.0 Å². The standard InChI is InChI=1S/C6H5Cl2FN4/c7-4-11-5(8)13-6(12-4)10-3-1-2-9/h1-2H,3H2,(H,10,11,12,13). The van der Waals surface area contributed by atoms with Gasteiger partial charge in [0.1, 0.15) is 0 Å². The molecule has 4 nitrogen and oxygen atoms in total. The third kappa shape index (κ3) is 3.52. The Morgan fingerprint density at radius 1 is 1.23 bits per heavy atom. The maximum atomic E-state index is 11.5. The van der Waals surface area contributed by atoms with Gasteiger partial charge in [0.05, 0.1) is 6.33 Å². The van der Waals surface area contributed by atoms with Crippen LogP contribution in [0.3, 0.4) is 0 Å². The lowest BCUT2D eigenvalue weighted by atomic mass is 10.6. The zero-order chi connectivity index (χ0) is 9.68. The van der Waals surface area contributed by atoms with Crippen LogP contribution in [0.5, 0.6) is 0 Å². The Balaban J connectivity index is 2.66. The Labute approximate surface area is 83.8 Å². The summed E-state index contributed by atoms with van der Waals surface area (Å²) in [5.41, 5.74) is 0. The minimum atomic E-state index is -0.00766. The van der Waals surface area contributed by atoms with Crippen LogP contribution in [0.15, 0.2) is 12.4 Å². The maximum Gasteiger partial charge on any atom is 0.228 e. The predicted octanol–water partition coefficient (Wildman–Crippen LogP) is 2.07. The van der Waals surface area contributed by atoms with E-state index in [0.29, 0.717) is 6.33 Å². The Hall–Kier alpha value is -0.940. The number of hydrogen-bond acceptors (Lipinski definition) is 4. The van der Waals surface area contributed by atoms with Gasteiger partial charge in [0.25, 0.3) is 0 Å². The third-order valence-electron chi connectivity index (χ3n) is 1.05. The van der Waals surface area contributed by atoms with Gasteiger partial charge >= 0.3 is 0 Å². The van der Waals surface area contributed by atoms with Crippen molar-refractivity contribution in [2.24, 2.45) is 0 Å². The van der Waals surface area contributed by atoms with Crippen molar-refractivity contribution in [3.05, 3.63) is 23.0 Å². The monoisotopic (exact) mass is 222 g/mol. The molecule has 0 aliphatic carbocycles. The van der Waals surface area contributed by atoms with Gasteiger partial charge in [-0.15, -0.1) is 0 Å². The van der Waals surface area contributed by atoms with Crippen LogP contribution in [0.4, 0.5) is 10.3 Å².